The Hall–Kier alpha value is -1.39. The lowest BCUT2D eigenvalue weighted by molar-refractivity contribution is 0.0804. The summed E-state index contributed by atoms with van der Waals surface area (Å²) in [5, 5.41) is 1.12. The van der Waals surface area contributed by atoms with Crippen LogP contribution >= 0.6 is 11.3 Å². The third-order valence-electron chi connectivity index (χ3n) is 2.45. The van der Waals surface area contributed by atoms with Crippen LogP contribution in [0.5, 0.6) is 0 Å². The Kier molecular flexibility index (Phi) is 3.22. The first-order valence-corrected chi connectivity index (χ1v) is 5.98. The summed E-state index contributed by atoms with van der Waals surface area (Å²) in [6.45, 7) is 1.08. The molecule has 1 amide bonds. The van der Waals surface area contributed by atoms with Crippen LogP contribution in [-0.4, -0.2) is 30.9 Å². The van der Waals surface area contributed by atoms with E-state index >= 15 is 0 Å². The molecular weight excluding hydrogens is 220 g/mol. The first-order valence-electron chi connectivity index (χ1n) is 5.16. The van der Waals surface area contributed by atoms with E-state index in [1.807, 2.05) is 30.3 Å². The summed E-state index contributed by atoms with van der Waals surface area (Å²) in [7, 11) is 1.78. The molecule has 0 saturated carbocycles. The van der Waals surface area contributed by atoms with Gasteiger partial charge in [-0.25, -0.2) is 0 Å². The van der Waals surface area contributed by atoms with Crippen molar-refractivity contribution in [1.29, 1.82) is 0 Å². The second kappa shape index (κ2) is 4.63. The first kappa shape index (κ1) is 11.1. The minimum absolute atomic E-state index is 0.0478. The quantitative estimate of drug-likeness (QED) is 0.882. The minimum Gasteiger partial charge on any atom is -0.340 e. The van der Waals surface area contributed by atoms with Gasteiger partial charge in [0.1, 0.15) is 0 Å². The van der Waals surface area contributed by atoms with Crippen LogP contribution < -0.4 is 5.73 Å². The molecule has 0 saturated heterocycles. The van der Waals surface area contributed by atoms with Crippen molar-refractivity contribution >= 4 is 27.3 Å². The molecule has 0 aliphatic heterocycles. The Labute approximate surface area is 98.5 Å². The molecule has 16 heavy (non-hydrogen) atoms. The van der Waals surface area contributed by atoms with Gasteiger partial charge in [-0.2, -0.15) is 0 Å². The normalized spacial score (nSPS) is 10.6. The van der Waals surface area contributed by atoms with E-state index in [0.29, 0.717) is 13.1 Å². The van der Waals surface area contributed by atoms with Gasteiger partial charge in [0.05, 0.1) is 4.88 Å². The molecule has 0 aliphatic carbocycles. The van der Waals surface area contributed by atoms with E-state index in [-0.39, 0.29) is 5.91 Å². The van der Waals surface area contributed by atoms with Gasteiger partial charge < -0.3 is 10.6 Å². The molecule has 2 aromatic rings. The monoisotopic (exact) mass is 234 g/mol. The highest BCUT2D eigenvalue weighted by Crippen LogP contribution is 2.25. The number of rotatable bonds is 3. The van der Waals surface area contributed by atoms with Crippen LogP contribution in [0.1, 0.15) is 9.67 Å². The van der Waals surface area contributed by atoms with Crippen LogP contribution in [0.25, 0.3) is 10.1 Å². The summed E-state index contributed by atoms with van der Waals surface area (Å²) in [5.74, 6) is 0.0478. The van der Waals surface area contributed by atoms with Gasteiger partial charge in [0.25, 0.3) is 5.91 Å². The standard InChI is InChI=1S/C12H14N2OS/c1-14(7-6-13)12(15)11-8-9-4-2-3-5-10(9)16-11/h2-5,8H,6-7,13H2,1H3. The Morgan fingerprint density at radius 2 is 2.19 bits per heavy atom. The lowest BCUT2D eigenvalue weighted by Crippen LogP contribution is -2.31. The van der Waals surface area contributed by atoms with Gasteiger partial charge in [0.2, 0.25) is 0 Å². The maximum absolute atomic E-state index is 12.0. The lowest BCUT2D eigenvalue weighted by Gasteiger charge is -2.14. The Morgan fingerprint density at radius 3 is 2.88 bits per heavy atom. The van der Waals surface area contributed by atoms with Crippen molar-refractivity contribution in [3.05, 3.63) is 35.2 Å². The molecule has 84 valence electrons. The van der Waals surface area contributed by atoms with E-state index in [4.69, 9.17) is 5.73 Å². The molecule has 1 heterocycles. The molecule has 2 N–H and O–H groups in total. The zero-order chi connectivity index (χ0) is 11.5. The Bertz CT molecular complexity index is 473. The van der Waals surface area contributed by atoms with Gasteiger partial charge in [-0.15, -0.1) is 11.3 Å². The van der Waals surface area contributed by atoms with Crippen LogP contribution in [0, 0.1) is 0 Å². The fourth-order valence-electron chi connectivity index (χ4n) is 1.57. The highest BCUT2D eigenvalue weighted by atomic mass is 32.1. The molecule has 0 aliphatic rings. The maximum Gasteiger partial charge on any atom is 0.263 e. The second-order valence-electron chi connectivity index (χ2n) is 3.66. The van der Waals surface area contributed by atoms with Gasteiger partial charge in [-0.1, -0.05) is 18.2 Å². The van der Waals surface area contributed by atoms with Gasteiger partial charge in [0.15, 0.2) is 0 Å². The Morgan fingerprint density at radius 1 is 1.44 bits per heavy atom. The van der Waals surface area contributed by atoms with E-state index in [0.717, 1.165) is 15.0 Å². The third kappa shape index (κ3) is 2.08. The van der Waals surface area contributed by atoms with Crippen molar-refractivity contribution in [3.63, 3.8) is 0 Å². The van der Waals surface area contributed by atoms with E-state index in [2.05, 4.69) is 0 Å². The average molecular weight is 234 g/mol. The van der Waals surface area contributed by atoms with Crippen LogP contribution in [0.15, 0.2) is 30.3 Å². The molecule has 1 aromatic heterocycles. The molecule has 0 bridgehead atoms. The van der Waals surface area contributed by atoms with E-state index in [9.17, 15) is 4.79 Å². The topological polar surface area (TPSA) is 46.3 Å². The van der Waals surface area contributed by atoms with Crippen LogP contribution in [0.3, 0.4) is 0 Å². The molecule has 4 heteroatoms. The molecule has 0 atom stereocenters. The molecule has 0 spiro atoms. The largest absolute Gasteiger partial charge is 0.340 e. The number of thiophene rings is 1. The number of carbonyl (C=O) groups excluding carboxylic acids is 1. The number of benzene rings is 1. The highest BCUT2D eigenvalue weighted by Gasteiger charge is 2.13. The number of nitrogens with two attached hydrogens (primary N) is 1. The van der Waals surface area contributed by atoms with Crippen molar-refractivity contribution in [1.82, 2.24) is 4.90 Å². The summed E-state index contributed by atoms with van der Waals surface area (Å²) < 4.78 is 1.15. The smallest absolute Gasteiger partial charge is 0.263 e. The summed E-state index contributed by atoms with van der Waals surface area (Å²) in [4.78, 5) is 14.4. The summed E-state index contributed by atoms with van der Waals surface area (Å²) in [6, 6.07) is 9.95. The molecule has 3 nitrogen and oxygen atoms in total. The lowest BCUT2D eigenvalue weighted by atomic mass is 10.2. The number of fused-ring (bicyclic) bond motifs is 1. The maximum atomic E-state index is 12.0. The Balaban J connectivity index is 2.29. The van der Waals surface area contributed by atoms with Crippen molar-refractivity contribution < 1.29 is 4.79 Å². The molecular formula is C12H14N2OS. The number of nitrogens with zero attached hydrogens (tertiary/aromatic N) is 1. The van der Waals surface area contributed by atoms with Crippen LogP contribution in [-0.2, 0) is 0 Å². The number of likely N-dealkylation sites (N-methyl/N-ethyl adjacent to an activating group) is 1. The molecule has 1 aromatic carbocycles. The summed E-state index contributed by atoms with van der Waals surface area (Å²) in [6.07, 6.45) is 0. The fourth-order valence-corrected chi connectivity index (χ4v) is 2.63. The van der Waals surface area contributed by atoms with Gasteiger partial charge in [0, 0.05) is 24.8 Å². The van der Waals surface area contributed by atoms with Crippen LogP contribution in [0.4, 0.5) is 0 Å². The van der Waals surface area contributed by atoms with Gasteiger partial charge in [-0.3, -0.25) is 4.79 Å². The third-order valence-corrected chi connectivity index (χ3v) is 3.55. The zero-order valence-electron chi connectivity index (χ0n) is 9.14. The number of hydrogen-bond donors (Lipinski definition) is 1. The van der Waals surface area contributed by atoms with Crippen molar-refractivity contribution in [2.24, 2.45) is 5.73 Å². The second-order valence-corrected chi connectivity index (χ2v) is 4.75. The predicted octanol–water partition coefficient (Wildman–Crippen LogP) is 1.93. The first-order chi connectivity index (χ1) is 7.72. The minimum atomic E-state index is 0.0478. The molecule has 2 rings (SSSR count). The van der Waals surface area contributed by atoms with Crippen molar-refractivity contribution in [2.45, 2.75) is 0 Å². The zero-order valence-corrected chi connectivity index (χ0v) is 9.96. The molecule has 0 radical (unpaired) electrons. The predicted molar refractivity (Wildman–Crippen MR) is 67.8 cm³/mol. The number of hydrogen-bond acceptors (Lipinski definition) is 3. The fraction of sp³-hybridized carbons (Fsp3) is 0.250. The number of amides is 1. The summed E-state index contributed by atoms with van der Waals surface area (Å²) >= 11 is 1.53. The van der Waals surface area contributed by atoms with Crippen molar-refractivity contribution in [2.75, 3.05) is 20.1 Å². The molecule has 0 fully saturated rings. The van der Waals surface area contributed by atoms with Gasteiger partial charge >= 0.3 is 0 Å². The van der Waals surface area contributed by atoms with E-state index in [1.54, 1.807) is 11.9 Å². The van der Waals surface area contributed by atoms with Crippen LogP contribution in [0.2, 0.25) is 0 Å². The van der Waals surface area contributed by atoms with E-state index in [1.165, 1.54) is 11.3 Å². The number of carbonyl (C=O) groups is 1. The average Bonchev–Trinajstić information content (AvgIpc) is 2.71. The molecule has 0 unspecified atom stereocenters. The van der Waals surface area contributed by atoms with Gasteiger partial charge in [-0.05, 0) is 17.5 Å². The summed E-state index contributed by atoms with van der Waals surface area (Å²) in [5.41, 5.74) is 5.43. The van der Waals surface area contributed by atoms with Crippen molar-refractivity contribution in [3.8, 4) is 0 Å². The highest BCUT2D eigenvalue weighted by molar-refractivity contribution is 7.20. The van der Waals surface area contributed by atoms with E-state index < -0.39 is 0 Å². The SMILES string of the molecule is CN(CCN)C(=O)c1cc2ccccc2s1.